The van der Waals surface area contributed by atoms with Gasteiger partial charge < -0.3 is 15.2 Å². The molecule has 1 aromatic rings. The zero-order valence-electron chi connectivity index (χ0n) is 12.3. The minimum Gasteiger partial charge on any atom is -0.491 e. The molecule has 0 spiro atoms. The predicted molar refractivity (Wildman–Crippen MR) is 85.0 cm³/mol. The zero-order chi connectivity index (χ0) is 14.6. The van der Waals surface area contributed by atoms with Crippen molar-refractivity contribution in [1.29, 1.82) is 0 Å². The summed E-state index contributed by atoms with van der Waals surface area (Å²) in [4.78, 5) is 0. The first-order valence-electron chi connectivity index (χ1n) is 7.43. The lowest BCUT2D eigenvalue weighted by molar-refractivity contribution is -0.0113. The Balaban J connectivity index is 1.95. The Labute approximate surface area is 129 Å². The van der Waals surface area contributed by atoms with Crippen LogP contribution in [0.5, 0.6) is 5.75 Å². The SMILES string of the molecule is CCC(O)(CC)COc1ccc(Br)c(CNC2CC2)c1. The maximum Gasteiger partial charge on any atom is 0.119 e. The number of hydrogen-bond donors (Lipinski definition) is 2. The summed E-state index contributed by atoms with van der Waals surface area (Å²) in [6.45, 7) is 5.17. The summed E-state index contributed by atoms with van der Waals surface area (Å²) < 4.78 is 6.87. The van der Waals surface area contributed by atoms with Crippen molar-refractivity contribution in [2.45, 2.75) is 57.7 Å². The molecule has 4 heteroatoms. The summed E-state index contributed by atoms with van der Waals surface area (Å²) in [5, 5.41) is 13.8. The molecule has 0 heterocycles. The molecule has 112 valence electrons. The van der Waals surface area contributed by atoms with Gasteiger partial charge in [0.2, 0.25) is 0 Å². The molecule has 1 aliphatic carbocycles. The predicted octanol–water partition coefficient (Wildman–Crippen LogP) is 3.63. The molecule has 1 aromatic carbocycles. The molecule has 0 bridgehead atoms. The van der Waals surface area contributed by atoms with Gasteiger partial charge >= 0.3 is 0 Å². The fraction of sp³-hybridized carbons (Fsp3) is 0.625. The van der Waals surface area contributed by atoms with Crippen molar-refractivity contribution in [2.75, 3.05) is 6.61 Å². The van der Waals surface area contributed by atoms with E-state index in [0.29, 0.717) is 25.5 Å². The Hall–Kier alpha value is -0.580. The summed E-state index contributed by atoms with van der Waals surface area (Å²) in [5.74, 6) is 0.820. The van der Waals surface area contributed by atoms with E-state index in [1.54, 1.807) is 0 Å². The van der Waals surface area contributed by atoms with Crippen LogP contribution in [0.3, 0.4) is 0 Å². The number of halogens is 1. The molecule has 0 amide bonds. The highest BCUT2D eigenvalue weighted by Crippen LogP contribution is 2.26. The van der Waals surface area contributed by atoms with E-state index in [-0.39, 0.29) is 0 Å². The van der Waals surface area contributed by atoms with Crippen molar-refractivity contribution in [3.8, 4) is 5.75 Å². The lowest BCUT2D eigenvalue weighted by atomic mass is 9.99. The zero-order valence-corrected chi connectivity index (χ0v) is 13.9. The second-order valence-electron chi connectivity index (χ2n) is 5.63. The number of aliphatic hydroxyl groups is 1. The van der Waals surface area contributed by atoms with Crippen LogP contribution < -0.4 is 10.1 Å². The third-order valence-corrected chi connectivity index (χ3v) is 4.77. The van der Waals surface area contributed by atoms with Crippen LogP contribution in [0.2, 0.25) is 0 Å². The molecule has 3 nitrogen and oxygen atoms in total. The van der Waals surface area contributed by atoms with E-state index < -0.39 is 5.60 Å². The minimum atomic E-state index is -0.723. The summed E-state index contributed by atoms with van der Waals surface area (Å²) >= 11 is 3.57. The molecule has 1 fully saturated rings. The van der Waals surface area contributed by atoms with Crippen LogP contribution in [-0.4, -0.2) is 23.4 Å². The Morgan fingerprint density at radius 1 is 1.35 bits per heavy atom. The third-order valence-electron chi connectivity index (χ3n) is 4.00. The molecule has 1 saturated carbocycles. The molecular formula is C16H24BrNO2. The van der Waals surface area contributed by atoms with E-state index in [4.69, 9.17) is 4.74 Å². The quantitative estimate of drug-likeness (QED) is 0.758. The molecule has 2 N–H and O–H groups in total. The highest BCUT2D eigenvalue weighted by Gasteiger charge is 2.23. The number of rotatable bonds is 8. The molecule has 1 aliphatic rings. The maximum absolute atomic E-state index is 10.3. The number of nitrogens with one attached hydrogen (secondary N) is 1. The van der Waals surface area contributed by atoms with Gasteiger partial charge in [0.15, 0.2) is 0 Å². The van der Waals surface area contributed by atoms with E-state index in [1.165, 1.54) is 18.4 Å². The lowest BCUT2D eigenvalue weighted by Crippen LogP contribution is -2.34. The number of hydrogen-bond acceptors (Lipinski definition) is 3. The van der Waals surface area contributed by atoms with Gasteiger partial charge in [-0.25, -0.2) is 0 Å². The van der Waals surface area contributed by atoms with Gasteiger partial charge in [0.05, 0.1) is 5.60 Å². The Morgan fingerprint density at radius 2 is 2.05 bits per heavy atom. The van der Waals surface area contributed by atoms with Crippen LogP contribution in [0.1, 0.15) is 45.1 Å². The third kappa shape index (κ3) is 4.47. The summed E-state index contributed by atoms with van der Waals surface area (Å²) in [5.41, 5.74) is 0.477. The summed E-state index contributed by atoms with van der Waals surface area (Å²) in [6, 6.07) is 6.69. The number of benzene rings is 1. The maximum atomic E-state index is 10.3. The van der Waals surface area contributed by atoms with Crippen molar-refractivity contribution in [1.82, 2.24) is 5.32 Å². The lowest BCUT2D eigenvalue weighted by Gasteiger charge is -2.25. The molecule has 2 rings (SSSR count). The minimum absolute atomic E-state index is 0.344. The van der Waals surface area contributed by atoms with Gasteiger partial charge in [0.1, 0.15) is 12.4 Å². The van der Waals surface area contributed by atoms with Crippen LogP contribution in [0, 0.1) is 0 Å². The standard InChI is InChI=1S/C16H24BrNO2/c1-3-16(19,4-2)11-20-14-7-8-15(17)12(9-14)10-18-13-5-6-13/h7-9,13,18-19H,3-6,10-11H2,1-2H3. The highest BCUT2D eigenvalue weighted by atomic mass is 79.9. The molecule has 0 aliphatic heterocycles. The van der Waals surface area contributed by atoms with Crippen molar-refractivity contribution < 1.29 is 9.84 Å². The van der Waals surface area contributed by atoms with Crippen LogP contribution in [-0.2, 0) is 6.54 Å². The fourth-order valence-electron chi connectivity index (χ4n) is 1.99. The monoisotopic (exact) mass is 341 g/mol. The van der Waals surface area contributed by atoms with E-state index >= 15 is 0 Å². The average Bonchev–Trinajstić information content (AvgIpc) is 3.29. The van der Waals surface area contributed by atoms with Crippen molar-refractivity contribution in [3.05, 3.63) is 28.2 Å². The van der Waals surface area contributed by atoms with Gasteiger partial charge in [0.25, 0.3) is 0 Å². The van der Waals surface area contributed by atoms with Crippen LogP contribution in [0.4, 0.5) is 0 Å². The molecular weight excluding hydrogens is 318 g/mol. The largest absolute Gasteiger partial charge is 0.491 e. The summed E-state index contributed by atoms with van der Waals surface area (Å²) in [7, 11) is 0. The van der Waals surface area contributed by atoms with Crippen molar-refractivity contribution in [3.63, 3.8) is 0 Å². The van der Waals surface area contributed by atoms with Crippen LogP contribution >= 0.6 is 15.9 Å². The van der Waals surface area contributed by atoms with Gasteiger partial charge in [-0.15, -0.1) is 0 Å². The van der Waals surface area contributed by atoms with E-state index in [1.807, 2.05) is 32.0 Å². The molecule has 0 aromatic heterocycles. The first kappa shape index (κ1) is 15.8. The Kier molecular flexibility index (Phi) is 5.47. The van der Waals surface area contributed by atoms with Gasteiger partial charge in [0, 0.05) is 17.1 Å². The van der Waals surface area contributed by atoms with Crippen LogP contribution in [0.25, 0.3) is 0 Å². The Bertz CT molecular complexity index is 442. The van der Waals surface area contributed by atoms with E-state index in [9.17, 15) is 5.11 Å². The number of ether oxygens (including phenoxy) is 1. The molecule has 0 saturated heterocycles. The first-order valence-corrected chi connectivity index (χ1v) is 8.22. The smallest absolute Gasteiger partial charge is 0.119 e. The summed E-state index contributed by atoms with van der Waals surface area (Å²) in [6.07, 6.45) is 3.98. The molecule has 20 heavy (non-hydrogen) atoms. The van der Waals surface area contributed by atoms with E-state index in [0.717, 1.165) is 16.8 Å². The van der Waals surface area contributed by atoms with Gasteiger partial charge in [-0.2, -0.15) is 0 Å². The second-order valence-corrected chi connectivity index (χ2v) is 6.48. The van der Waals surface area contributed by atoms with Gasteiger partial charge in [-0.1, -0.05) is 29.8 Å². The average molecular weight is 342 g/mol. The topological polar surface area (TPSA) is 41.5 Å². The van der Waals surface area contributed by atoms with Crippen molar-refractivity contribution >= 4 is 15.9 Å². The van der Waals surface area contributed by atoms with E-state index in [2.05, 4.69) is 21.2 Å². The first-order chi connectivity index (χ1) is 9.56. The molecule has 0 unspecified atom stereocenters. The fourth-order valence-corrected chi connectivity index (χ4v) is 2.38. The molecule has 0 atom stereocenters. The van der Waals surface area contributed by atoms with Gasteiger partial charge in [-0.3, -0.25) is 0 Å². The highest BCUT2D eigenvalue weighted by molar-refractivity contribution is 9.10. The molecule has 0 radical (unpaired) electrons. The van der Waals surface area contributed by atoms with Crippen LogP contribution in [0.15, 0.2) is 22.7 Å². The normalized spacial score (nSPS) is 15.4. The van der Waals surface area contributed by atoms with Gasteiger partial charge in [-0.05, 0) is 49.4 Å². The second kappa shape index (κ2) is 6.92. The Morgan fingerprint density at radius 3 is 2.65 bits per heavy atom. The van der Waals surface area contributed by atoms with Crippen molar-refractivity contribution in [2.24, 2.45) is 0 Å².